The molecule has 0 aliphatic carbocycles. The highest BCUT2D eigenvalue weighted by Crippen LogP contribution is 2.76. The van der Waals surface area contributed by atoms with Crippen molar-refractivity contribution >= 4 is 21.6 Å². The van der Waals surface area contributed by atoms with Crippen LogP contribution in [0.4, 0.5) is 0 Å². The number of rotatable bonds is 2. The van der Waals surface area contributed by atoms with E-state index < -0.39 is 0 Å². The van der Waals surface area contributed by atoms with E-state index in [1.807, 2.05) is 0 Å². The smallest absolute Gasteiger partial charge is 0.134 e. The molecule has 2 heterocycles. The molecule has 23 heavy (non-hydrogen) atoms. The zero-order chi connectivity index (χ0) is 17.8. The van der Waals surface area contributed by atoms with E-state index in [0.29, 0.717) is 5.78 Å². The van der Waals surface area contributed by atoms with Crippen LogP contribution in [-0.2, 0) is 4.79 Å². The number of hydrogen-bond acceptors (Lipinski definition) is 2. The molecule has 0 bridgehead atoms. The third-order valence-electron chi connectivity index (χ3n) is 5.94. The van der Waals surface area contributed by atoms with E-state index in [0.717, 1.165) is 25.7 Å². The van der Waals surface area contributed by atoms with Gasteiger partial charge in [-0.2, -0.15) is 0 Å². The summed E-state index contributed by atoms with van der Waals surface area (Å²) in [5.74, 6) is 1.74. The Balaban J connectivity index is 2.33. The maximum atomic E-state index is 12.2. The molecule has 2 saturated heterocycles. The van der Waals surface area contributed by atoms with Gasteiger partial charge in [0.25, 0.3) is 0 Å². The summed E-state index contributed by atoms with van der Waals surface area (Å²) >= 11 is 0. The summed E-state index contributed by atoms with van der Waals surface area (Å²) in [6, 6.07) is 0. The monoisotopic (exact) mass is 358 g/mol. The van der Waals surface area contributed by atoms with Crippen molar-refractivity contribution in [3.8, 4) is 0 Å². The molecule has 4 heteroatoms. The van der Waals surface area contributed by atoms with Crippen LogP contribution in [0.1, 0.15) is 81.1 Å². The van der Waals surface area contributed by atoms with Gasteiger partial charge in [-0.3, -0.25) is 4.79 Å². The standard InChI is InChI=1S/C19H36O2P2/c1-16(2)9-14(20)10-17(3,4)22(16)13-23-18(5,6)11-15(21)12-19(23,7)8/h14,20H,9-13H2,1-8H3. The first kappa shape index (κ1) is 19.8. The zero-order valence-electron chi connectivity index (χ0n) is 16.4. The average Bonchev–Trinajstić information content (AvgIpc) is 2.19. The lowest BCUT2D eigenvalue weighted by atomic mass is 9.95. The number of carbonyl (C=O) groups excluding carboxylic acids is 1. The fourth-order valence-corrected chi connectivity index (χ4v) is 17.3. The second kappa shape index (κ2) is 6.03. The summed E-state index contributed by atoms with van der Waals surface area (Å²) in [7, 11) is -0.394. The van der Waals surface area contributed by atoms with Gasteiger partial charge in [0.05, 0.1) is 6.10 Å². The first-order valence-corrected chi connectivity index (χ1v) is 12.0. The van der Waals surface area contributed by atoms with E-state index in [9.17, 15) is 9.90 Å². The van der Waals surface area contributed by atoms with Crippen LogP contribution >= 0.6 is 15.8 Å². The molecule has 0 aromatic heterocycles. The van der Waals surface area contributed by atoms with Crippen LogP contribution in [-0.4, -0.2) is 43.5 Å². The number of aliphatic hydroxyl groups is 1. The highest BCUT2D eigenvalue weighted by molar-refractivity contribution is 7.77. The van der Waals surface area contributed by atoms with Crippen molar-refractivity contribution in [3.05, 3.63) is 0 Å². The minimum absolute atomic E-state index is 0.152. The molecule has 0 aromatic carbocycles. The average molecular weight is 358 g/mol. The predicted molar refractivity (Wildman–Crippen MR) is 105 cm³/mol. The number of Topliss-reactive ketones (excluding diaryl/α,β-unsaturated/α-hetero) is 1. The van der Waals surface area contributed by atoms with Crippen LogP contribution in [0.5, 0.6) is 0 Å². The lowest BCUT2D eigenvalue weighted by Crippen LogP contribution is -2.45. The lowest BCUT2D eigenvalue weighted by Gasteiger charge is -2.57. The first-order valence-electron chi connectivity index (χ1n) is 8.93. The van der Waals surface area contributed by atoms with E-state index in [1.54, 1.807) is 0 Å². The lowest BCUT2D eigenvalue weighted by molar-refractivity contribution is -0.120. The van der Waals surface area contributed by atoms with Gasteiger partial charge in [0.2, 0.25) is 0 Å². The van der Waals surface area contributed by atoms with Crippen LogP contribution in [0.2, 0.25) is 0 Å². The molecule has 0 saturated carbocycles. The maximum absolute atomic E-state index is 12.2. The topological polar surface area (TPSA) is 37.3 Å². The molecule has 0 unspecified atom stereocenters. The Morgan fingerprint density at radius 1 is 0.826 bits per heavy atom. The van der Waals surface area contributed by atoms with Crippen molar-refractivity contribution in [1.82, 2.24) is 0 Å². The Morgan fingerprint density at radius 2 is 1.17 bits per heavy atom. The van der Waals surface area contributed by atoms with Gasteiger partial charge in [-0.1, -0.05) is 71.2 Å². The van der Waals surface area contributed by atoms with Gasteiger partial charge in [0.15, 0.2) is 0 Å². The van der Waals surface area contributed by atoms with Gasteiger partial charge in [-0.25, -0.2) is 0 Å². The molecular formula is C19H36O2P2. The molecule has 134 valence electrons. The molecule has 0 amide bonds. The summed E-state index contributed by atoms with van der Waals surface area (Å²) in [5.41, 5.74) is 0. The number of ketones is 1. The summed E-state index contributed by atoms with van der Waals surface area (Å²) in [5, 5.41) is 11.1. The van der Waals surface area contributed by atoms with Gasteiger partial charge in [-0.05, 0) is 39.4 Å². The normalized spacial score (nSPS) is 36.0. The molecular weight excluding hydrogens is 322 g/mol. The molecule has 0 aromatic rings. The summed E-state index contributed by atoms with van der Waals surface area (Å²) in [6.45, 7) is 18.8. The predicted octanol–water partition coefficient (Wildman–Crippen LogP) is 5.54. The Hall–Kier alpha value is 0.490. The molecule has 0 spiro atoms. The number of hydrogen-bond donors (Lipinski definition) is 1. The fourth-order valence-electron chi connectivity index (χ4n) is 5.21. The van der Waals surface area contributed by atoms with Gasteiger partial charge in [0, 0.05) is 12.8 Å². The second-order valence-corrected chi connectivity index (χ2v) is 17.9. The Labute approximate surface area is 145 Å². The van der Waals surface area contributed by atoms with Gasteiger partial charge in [0.1, 0.15) is 5.78 Å². The van der Waals surface area contributed by atoms with Crippen molar-refractivity contribution in [2.45, 2.75) is 108 Å². The number of aliphatic hydroxyl groups excluding tert-OH is 1. The van der Waals surface area contributed by atoms with Crippen molar-refractivity contribution in [2.75, 3.05) is 5.90 Å². The minimum Gasteiger partial charge on any atom is -0.393 e. The van der Waals surface area contributed by atoms with Crippen molar-refractivity contribution in [3.63, 3.8) is 0 Å². The van der Waals surface area contributed by atoms with Crippen LogP contribution in [0.25, 0.3) is 0 Å². The third kappa shape index (κ3) is 4.02. The Morgan fingerprint density at radius 3 is 1.57 bits per heavy atom. The summed E-state index contributed by atoms with van der Waals surface area (Å²) in [6.07, 6.45) is 3.24. The van der Waals surface area contributed by atoms with Gasteiger partial charge < -0.3 is 5.11 Å². The summed E-state index contributed by atoms with van der Waals surface area (Å²) in [4.78, 5) is 12.2. The molecule has 0 radical (unpaired) electrons. The van der Waals surface area contributed by atoms with Gasteiger partial charge in [-0.15, -0.1) is 0 Å². The first-order chi connectivity index (χ1) is 10.2. The highest BCUT2D eigenvalue weighted by Gasteiger charge is 2.52. The SMILES string of the molecule is CC1(C)CC(=O)CC(C)(C)P1CP1C(C)(C)CC(O)CC1(C)C. The molecule has 2 aliphatic rings. The van der Waals surface area contributed by atoms with Crippen molar-refractivity contribution in [2.24, 2.45) is 0 Å². The molecule has 2 fully saturated rings. The molecule has 0 atom stereocenters. The molecule has 2 nitrogen and oxygen atoms in total. The maximum Gasteiger partial charge on any atom is 0.134 e. The largest absolute Gasteiger partial charge is 0.393 e. The van der Waals surface area contributed by atoms with Crippen LogP contribution in [0, 0.1) is 0 Å². The third-order valence-corrected chi connectivity index (χ3v) is 14.7. The van der Waals surface area contributed by atoms with E-state index in [-0.39, 0.29) is 42.6 Å². The van der Waals surface area contributed by atoms with Crippen LogP contribution in [0.3, 0.4) is 0 Å². The van der Waals surface area contributed by atoms with Crippen molar-refractivity contribution < 1.29 is 9.90 Å². The van der Waals surface area contributed by atoms with E-state index in [1.165, 1.54) is 5.90 Å². The van der Waals surface area contributed by atoms with E-state index >= 15 is 0 Å². The number of carbonyl (C=O) groups is 1. The highest BCUT2D eigenvalue weighted by atomic mass is 31.2. The van der Waals surface area contributed by atoms with Crippen molar-refractivity contribution in [1.29, 1.82) is 0 Å². The van der Waals surface area contributed by atoms with Crippen LogP contribution in [0.15, 0.2) is 0 Å². The van der Waals surface area contributed by atoms with E-state index in [2.05, 4.69) is 55.4 Å². The minimum atomic E-state index is -0.213. The van der Waals surface area contributed by atoms with Crippen LogP contribution < -0.4 is 0 Å². The quantitative estimate of drug-likeness (QED) is 0.658. The molecule has 2 rings (SSSR count). The summed E-state index contributed by atoms with van der Waals surface area (Å²) < 4.78 is 0. The molecule has 2 aliphatic heterocycles. The fraction of sp³-hybridized carbons (Fsp3) is 0.947. The Bertz CT molecular complexity index is 442. The van der Waals surface area contributed by atoms with Gasteiger partial charge >= 0.3 is 0 Å². The Kier molecular flexibility index (Phi) is 5.20. The molecule has 1 N–H and O–H groups in total. The second-order valence-electron chi connectivity index (χ2n) is 10.2. The van der Waals surface area contributed by atoms with E-state index in [4.69, 9.17) is 0 Å². The zero-order valence-corrected chi connectivity index (χ0v) is 18.2.